The maximum absolute atomic E-state index is 12.5. The molecule has 1 aliphatic carbocycles. The lowest BCUT2D eigenvalue weighted by Crippen LogP contribution is -2.46. The second-order valence-corrected chi connectivity index (χ2v) is 6.61. The monoisotopic (exact) mass is 369 g/mol. The molecule has 1 amide bonds. The zero-order valence-electron chi connectivity index (χ0n) is 12.5. The minimum Gasteiger partial charge on any atom is -0.480 e. The summed E-state index contributed by atoms with van der Waals surface area (Å²) in [7, 11) is 1.61. The van der Waals surface area contributed by atoms with Crippen LogP contribution in [0.4, 0.5) is 0 Å². The van der Waals surface area contributed by atoms with Crippen LogP contribution in [0.5, 0.6) is 0 Å². The van der Waals surface area contributed by atoms with Gasteiger partial charge in [0, 0.05) is 18.1 Å². The van der Waals surface area contributed by atoms with E-state index in [0.29, 0.717) is 0 Å². The number of ether oxygens (including phenoxy) is 1. The molecule has 6 heteroatoms. The first kappa shape index (κ1) is 17.0. The molecule has 5 nitrogen and oxygen atoms in total. The van der Waals surface area contributed by atoms with Gasteiger partial charge in [-0.3, -0.25) is 9.59 Å². The van der Waals surface area contributed by atoms with Gasteiger partial charge in [-0.15, -0.1) is 0 Å². The van der Waals surface area contributed by atoms with E-state index in [0.717, 1.165) is 29.3 Å². The lowest BCUT2D eigenvalue weighted by Gasteiger charge is -2.41. The summed E-state index contributed by atoms with van der Waals surface area (Å²) in [5, 5.41) is 9.06. The fourth-order valence-corrected chi connectivity index (χ4v) is 3.11. The highest BCUT2D eigenvalue weighted by atomic mass is 79.9. The number of carboxylic acids is 1. The Morgan fingerprint density at radius 2 is 2.14 bits per heavy atom. The van der Waals surface area contributed by atoms with Crippen LogP contribution in [0.15, 0.2) is 28.7 Å². The molecule has 22 heavy (non-hydrogen) atoms. The van der Waals surface area contributed by atoms with Crippen molar-refractivity contribution in [3.8, 4) is 0 Å². The van der Waals surface area contributed by atoms with Crippen LogP contribution in [0.3, 0.4) is 0 Å². The molecule has 120 valence electrons. The molecule has 0 atom stereocenters. The first-order valence-corrected chi connectivity index (χ1v) is 8.02. The summed E-state index contributed by atoms with van der Waals surface area (Å²) in [5.74, 6) is -1.19. The van der Waals surface area contributed by atoms with E-state index in [9.17, 15) is 9.59 Å². The van der Waals surface area contributed by atoms with Gasteiger partial charge in [-0.25, -0.2) is 0 Å². The average Bonchev–Trinajstić information content (AvgIpc) is 2.41. The second kappa shape index (κ2) is 7.24. The number of carbonyl (C=O) groups is 2. The molecule has 1 fully saturated rings. The number of methoxy groups -OCH3 is 1. The van der Waals surface area contributed by atoms with Crippen molar-refractivity contribution in [1.29, 1.82) is 0 Å². The molecule has 1 aliphatic rings. The van der Waals surface area contributed by atoms with E-state index in [1.165, 1.54) is 4.90 Å². The van der Waals surface area contributed by atoms with Crippen LogP contribution in [0.2, 0.25) is 0 Å². The van der Waals surface area contributed by atoms with Gasteiger partial charge >= 0.3 is 5.97 Å². The third-order valence-corrected chi connectivity index (χ3v) is 4.61. The molecule has 2 rings (SSSR count). The van der Waals surface area contributed by atoms with Crippen molar-refractivity contribution >= 4 is 27.8 Å². The summed E-state index contributed by atoms with van der Waals surface area (Å²) < 4.78 is 6.37. The van der Waals surface area contributed by atoms with Gasteiger partial charge < -0.3 is 14.7 Å². The molecular weight excluding hydrogens is 350 g/mol. The van der Waals surface area contributed by atoms with E-state index in [2.05, 4.69) is 15.9 Å². The molecule has 0 radical (unpaired) electrons. The second-order valence-electron chi connectivity index (χ2n) is 5.69. The fraction of sp³-hybridized carbons (Fsp3) is 0.500. The molecule has 0 unspecified atom stereocenters. The van der Waals surface area contributed by atoms with E-state index in [4.69, 9.17) is 9.84 Å². The van der Waals surface area contributed by atoms with E-state index in [1.54, 1.807) is 7.11 Å². The van der Waals surface area contributed by atoms with Crippen molar-refractivity contribution in [1.82, 2.24) is 4.90 Å². The van der Waals surface area contributed by atoms with Gasteiger partial charge in [0.15, 0.2) is 0 Å². The molecule has 1 aromatic carbocycles. The Morgan fingerprint density at radius 1 is 1.41 bits per heavy atom. The number of amides is 1. The maximum Gasteiger partial charge on any atom is 0.323 e. The number of benzene rings is 1. The van der Waals surface area contributed by atoms with Crippen LogP contribution in [0.25, 0.3) is 0 Å². The first-order valence-electron chi connectivity index (χ1n) is 7.23. The maximum atomic E-state index is 12.5. The highest BCUT2D eigenvalue weighted by Gasteiger charge is 2.40. The molecule has 0 spiro atoms. The predicted octanol–water partition coefficient (Wildman–Crippen LogP) is 2.82. The van der Waals surface area contributed by atoms with Crippen LogP contribution in [0, 0.1) is 0 Å². The molecule has 0 heterocycles. The highest BCUT2D eigenvalue weighted by Crippen LogP contribution is 2.38. The number of nitrogens with zero attached hydrogens (tertiary/aromatic N) is 1. The van der Waals surface area contributed by atoms with Crippen LogP contribution >= 0.6 is 15.9 Å². The van der Waals surface area contributed by atoms with Crippen LogP contribution in [-0.2, 0) is 20.9 Å². The van der Waals surface area contributed by atoms with Gasteiger partial charge in [0.2, 0.25) is 5.91 Å². The molecule has 1 saturated carbocycles. The van der Waals surface area contributed by atoms with Crippen LogP contribution in [-0.4, -0.2) is 41.1 Å². The highest BCUT2D eigenvalue weighted by molar-refractivity contribution is 9.10. The van der Waals surface area contributed by atoms with Crippen molar-refractivity contribution in [3.63, 3.8) is 0 Å². The van der Waals surface area contributed by atoms with Crippen molar-refractivity contribution in [3.05, 3.63) is 34.3 Å². The summed E-state index contributed by atoms with van der Waals surface area (Å²) in [6, 6.07) is 7.52. The standard InChI is InChI=1S/C16H20BrNO4/c1-22-16(6-3-7-16)9-14(19)18(11-15(20)21)10-12-4-2-5-13(17)8-12/h2,4-5,8H,3,6-7,9-11H2,1H3,(H,20,21). The van der Waals surface area contributed by atoms with Crippen molar-refractivity contribution in [2.75, 3.05) is 13.7 Å². The predicted molar refractivity (Wildman–Crippen MR) is 85.4 cm³/mol. The Bertz CT molecular complexity index is 551. The van der Waals surface area contributed by atoms with Crippen molar-refractivity contribution in [2.24, 2.45) is 0 Å². The molecule has 1 N–H and O–H groups in total. The summed E-state index contributed by atoms with van der Waals surface area (Å²) in [6.07, 6.45) is 3.00. The Kier molecular flexibility index (Phi) is 5.58. The molecule has 0 aromatic heterocycles. The van der Waals surface area contributed by atoms with E-state index < -0.39 is 11.6 Å². The van der Waals surface area contributed by atoms with Gasteiger partial charge in [-0.1, -0.05) is 28.1 Å². The van der Waals surface area contributed by atoms with E-state index in [1.807, 2.05) is 24.3 Å². The molecule has 0 saturated heterocycles. The molecule has 0 bridgehead atoms. The topological polar surface area (TPSA) is 66.8 Å². The van der Waals surface area contributed by atoms with Gasteiger partial charge in [0.1, 0.15) is 6.54 Å². The lowest BCUT2D eigenvalue weighted by molar-refractivity contribution is -0.151. The minimum atomic E-state index is -1.01. The van der Waals surface area contributed by atoms with Gasteiger partial charge in [0.25, 0.3) is 0 Å². The number of halogens is 1. The van der Waals surface area contributed by atoms with Crippen molar-refractivity contribution in [2.45, 2.75) is 37.8 Å². The zero-order valence-corrected chi connectivity index (χ0v) is 14.1. The Labute approximate surface area is 138 Å². The number of hydrogen-bond acceptors (Lipinski definition) is 3. The summed E-state index contributed by atoms with van der Waals surface area (Å²) >= 11 is 3.38. The first-order chi connectivity index (χ1) is 10.4. The van der Waals surface area contributed by atoms with E-state index in [-0.39, 0.29) is 25.4 Å². The largest absolute Gasteiger partial charge is 0.480 e. The lowest BCUT2D eigenvalue weighted by atomic mass is 9.77. The summed E-state index contributed by atoms with van der Waals surface area (Å²) in [5.41, 5.74) is 0.495. The Balaban J connectivity index is 2.08. The number of hydrogen-bond donors (Lipinski definition) is 1. The number of carbonyl (C=O) groups excluding carboxylic acids is 1. The minimum absolute atomic E-state index is 0.177. The van der Waals surface area contributed by atoms with Gasteiger partial charge in [-0.05, 0) is 37.0 Å². The zero-order chi connectivity index (χ0) is 16.2. The quantitative estimate of drug-likeness (QED) is 0.802. The molecule has 1 aromatic rings. The Morgan fingerprint density at radius 3 is 2.64 bits per heavy atom. The molecule has 0 aliphatic heterocycles. The smallest absolute Gasteiger partial charge is 0.323 e. The SMILES string of the molecule is COC1(CC(=O)N(CC(=O)O)Cc2cccc(Br)c2)CCC1. The number of rotatable bonds is 7. The normalized spacial score (nSPS) is 15.9. The fourth-order valence-electron chi connectivity index (χ4n) is 2.66. The van der Waals surface area contributed by atoms with Crippen LogP contribution in [0.1, 0.15) is 31.2 Å². The third kappa shape index (κ3) is 4.30. The van der Waals surface area contributed by atoms with Crippen molar-refractivity contribution < 1.29 is 19.4 Å². The van der Waals surface area contributed by atoms with Gasteiger partial charge in [0.05, 0.1) is 12.0 Å². The van der Waals surface area contributed by atoms with E-state index >= 15 is 0 Å². The average molecular weight is 370 g/mol. The molecular formula is C16H20BrNO4. The summed E-state index contributed by atoms with van der Waals surface area (Å²) in [4.78, 5) is 24.9. The number of carboxylic acid groups (broad SMARTS) is 1. The summed E-state index contributed by atoms with van der Waals surface area (Å²) in [6.45, 7) is -0.0183. The third-order valence-electron chi connectivity index (χ3n) is 4.11. The van der Waals surface area contributed by atoms with Gasteiger partial charge in [-0.2, -0.15) is 0 Å². The number of aliphatic carboxylic acids is 1. The Hall–Kier alpha value is -1.40. The van der Waals surface area contributed by atoms with Crippen LogP contribution < -0.4 is 0 Å².